The van der Waals surface area contributed by atoms with Gasteiger partial charge in [0, 0.05) is 17.1 Å². The molecule has 0 fully saturated rings. The van der Waals surface area contributed by atoms with Crippen molar-refractivity contribution in [2.75, 3.05) is 20.1 Å². The first-order valence-corrected chi connectivity index (χ1v) is 8.28. The fraction of sp³-hybridized carbons (Fsp3) is 0.647. The molecule has 1 aromatic rings. The lowest BCUT2D eigenvalue weighted by Crippen LogP contribution is -2.42. The molecule has 1 rings (SSSR count). The Morgan fingerprint density at radius 2 is 1.80 bits per heavy atom. The van der Waals surface area contributed by atoms with E-state index in [0.29, 0.717) is 11.5 Å². The van der Waals surface area contributed by atoms with Crippen molar-refractivity contribution in [3.05, 3.63) is 34.3 Å². The summed E-state index contributed by atoms with van der Waals surface area (Å²) in [6.45, 7) is 12.3. The van der Waals surface area contributed by atoms with Gasteiger partial charge in [-0.2, -0.15) is 0 Å². The normalized spacial score (nSPS) is 13.8. The van der Waals surface area contributed by atoms with E-state index in [2.05, 4.69) is 85.2 Å². The van der Waals surface area contributed by atoms with Crippen molar-refractivity contribution in [1.82, 2.24) is 10.2 Å². The molecule has 0 radical (unpaired) electrons. The van der Waals surface area contributed by atoms with E-state index < -0.39 is 0 Å². The molecule has 0 aliphatic heterocycles. The molecule has 2 nitrogen and oxygen atoms in total. The van der Waals surface area contributed by atoms with Crippen LogP contribution in [0.5, 0.6) is 0 Å². The van der Waals surface area contributed by atoms with E-state index in [1.807, 2.05) is 0 Å². The summed E-state index contributed by atoms with van der Waals surface area (Å²) in [7, 11) is 2.20. The Morgan fingerprint density at radius 3 is 2.30 bits per heavy atom. The minimum Gasteiger partial charge on any atom is -0.314 e. The number of nitrogens with zero attached hydrogens (tertiary/aromatic N) is 1. The molecule has 3 heteroatoms. The highest BCUT2D eigenvalue weighted by molar-refractivity contribution is 9.10. The first-order valence-electron chi connectivity index (χ1n) is 7.49. The molecule has 0 aliphatic carbocycles. The van der Waals surface area contributed by atoms with Crippen LogP contribution >= 0.6 is 15.9 Å². The van der Waals surface area contributed by atoms with Gasteiger partial charge < -0.3 is 10.2 Å². The van der Waals surface area contributed by atoms with Crippen LogP contribution in [0.25, 0.3) is 0 Å². The molecule has 0 aromatic heterocycles. The summed E-state index contributed by atoms with van der Waals surface area (Å²) < 4.78 is 1.14. The first kappa shape index (κ1) is 17.7. The minimum atomic E-state index is 0.314. The zero-order valence-corrected chi connectivity index (χ0v) is 15.1. The Morgan fingerprint density at radius 1 is 1.20 bits per heavy atom. The minimum absolute atomic E-state index is 0.314. The fourth-order valence-corrected chi connectivity index (χ4v) is 2.68. The predicted octanol–water partition coefficient (Wildman–Crippen LogP) is 4.30. The second-order valence-corrected chi connectivity index (χ2v) is 7.54. The lowest BCUT2D eigenvalue weighted by molar-refractivity contribution is 0.221. The van der Waals surface area contributed by atoms with E-state index in [1.54, 1.807) is 0 Å². The monoisotopic (exact) mass is 340 g/mol. The van der Waals surface area contributed by atoms with Gasteiger partial charge in [-0.25, -0.2) is 0 Å². The lowest BCUT2D eigenvalue weighted by atomic mass is 9.84. The summed E-state index contributed by atoms with van der Waals surface area (Å²) in [5.74, 6) is 0. The molecule has 0 spiro atoms. The van der Waals surface area contributed by atoms with Gasteiger partial charge in [0.05, 0.1) is 0 Å². The van der Waals surface area contributed by atoms with Crippen LogP contribution in [0, 0.1) is 5.41 Å². The highest BCUT2D eigenvalue weighted by atomic mass is 79.9. The zero-order chi connectivity index (χ0) is 15.2. The summed E-state index contributed by atoms with van der Waals surface area (Å²) in [5.41, 5.74) is 1.68. The van der Waals surface area contributed by atoms with Crippen LogP contribution < -0.4 is 5.32 Å². The Hall–Kier alpha value is -0.380. The quantitative estimate of drug-likeness (QED) is 0.796. The van der Waals surface area contributed by atoms with E-state index in [4.69, 9.17) is 0 Å². The number of hydrogen-bond acceptors (Lipinski definition) is 2. The zero-order valence-electron chi connectivity index (χ0n) is 13.5. The third-order valence-corrected chi connectivity index (χ3v) is 4.19. The molecule has 1 aromatic carbocycles. The molecule has 1 atom stereocenters. The van der Waals surface area contributed by atoms with Crippen LogP contribution in [0.4, 0.5) is 0 Å². The van der Waals surface area contributed by atoms with Gasteiger partial charge in [0.15, 0.2) is 0 Å². The third kappa shape index (κ3) is 6.38. The molecular formula is C17H29BrN2. The topological polar surface area (TPSA) is 15.3 Å². The van der Waals surface area contributed by atoms with Crippen LogP contribution in [-0.2, 0) is 6.54 Å². The van der Waals surface area contributed by atoms with Crippen molar-refractivity contribution in [2.24, 2.45) is 5.41 Å². The second kappa shape index (κ2) is 8.16. The maximum absolute atomic E-state index is 3.62. The molecule has 0 saturated heterocycles. The van der Waals surface area contributed by atoms with Crippen molar-refractivity contribution < 1.29 is 0 Å². The maximum Gasteiger partial charge on any atom is 0.0230 e. The van der Waals surface area contributed by atoms with Crippen LogP contribution in [0.1, 0.15) is 39.7 Å². The second-order valence-electron chi connectivity index (χ2n) is 6.63. The Balaban J connectivity index is 2.45. The Bertz CT molecular complexity index is 381. The summed E-state index contributed by atoms with van der Waals surface area (Å²) >= 11 is 3.48. The summed E-state index contributed by atoms with van der Waals surface area (Å²) in [6, 6.07) is 9.16. The maximum atomic E-state index is 3.62. The molecule has 114 valence electrons. The van der Waals surface area contributed by atoms with Gasteiger partial charge in [0.1, 0.15) is 0 Å². The average molecular weight is 341 g/mol. The van der Waals surface area contributed by atoms with Gasteiger partial charge >= 0.3 is 0 Å². The van der Waals surface area contributed by atoms with E-state index in [-0.39, 0.29) is 0 Å². The SMILES string of the molecule is CCNC(CCN(C)Cc1ccc(Br)cc1)C(C)(C)C. The Labute approximate surface area is 133 Å². The largest absolute Gasteiger partial charge is 0.314 e. The lowest BCUT2D eigenvalue weighted by Gasteiger charge is -2.33. The van der Waals surface area contributed by atoms with Crippen molar-refractivity contribution in [2.45, 2.75) is 46.7 Å². The van der Waals surface area contributed by atoms with Crippen LogP contribution in [-0.4, -0.2) is 31.1 Å². The average Bonchev–Trinajstić information content (AvgIpc) is 2.36. The number of hydrogen-bond donors (Lipinski definition) is 1. The standard InChI is InChI=1S/C17H29BrN2/c1-6-19-16(17(2,3)4)11-12-20(5)13-14-7-9-15(18)10-8-14/h7-10,16,19H,6,11-13H2,1-5H3. The number of benzene rings is 1. The van der Waals surface area contributed by atoms with Gasteiger partial charge in [0.2, 0.25) is 0 Å². The summed E-state index contributed by atoms with van der Waals surface area (Å²) in [4.78, 5) is 2.40. The molecule has 0 saturated carbocycles. The van der Waals surface area contributed by atoms with Crippen LogP contribution in [0.15, 0.2) is 28.7 Å². The van der Waals surface area contributed by atoms with Crippen LogP contribution in [0.3, 0.4) is 0 Å². The molecule has 0 bridgehead atoms. The molecule has 0 amide bonds. The van der Waals surface area contributed by atoms with Gasteiger partial charge in [-0.3, -0.25) is 0 Å². The van der Waals surface area contributed by atoms with Gasteiger partial charge in [0.25, 0.3) is 0 Å². The third-order valence-electron chi connectivity index (χ3n) is 3.66. The van der Waals surface area contributed by atoms with Gasteiger partial charge in [-0.15, -0.1) is 0 Å². The summed E-state index contributed by atoms with van der Waals surface area (Å²) in [6.07, 6.45) is 1.18. The fourth-order valence-electron chi connectivity index (χ4n) is 2.42. The van der Waals surface area contributed by atoms with E-state index >= 15 is 0 Å². The van der Waals surface area contributed by atoms with E-state index in [9.17, 15) is 0 Å². The molecule has 20 heavy (non-hydrogen) atoms. The van der Waals surface area contributed by atoms with E-state index in [0.717, 1.165) is 24.1 Å². The number of nitrogens with one attached hydrogen (secondary N) is 1. The number of halogens is 1. The highest BCUT2D eigenvalue weighted by Crippen LogP contribution is 2.22. The smallest absolute Gasteiger partial charge is 0.0230 e. The van der Waals surface area contributed by atoms with Crippen molar-refractivity contribution >= 4 is 15.9 Å². The molecular weight excluding hydrogens is 312 g/mol. The van der Waals surface area contributed by atoms with Gasteiger partial charge in [-0.05, 0) is 49.7 Å². The highest BCUT2D eigenvalue weighted by Gasteiger charge is 2.23. The molecule has 0 aliphatic rings. The summed E-state index contributed by atoms with van der Waals surface area (Å²) in [5, 5.41) is 3.62. The molecule has 1 unspecified atom stereocenters. The molecule has 1 N–H and O–H groups in total. The van der Waals surface area contributed by atoms with Crippen molar-refractivity contribution in [1.29, 1.82) is 0 Å². The predicted molar refractivity (Wildman–Crippen MR) is 92.0 cm³/mol. The van der Waals surface area contributed by atoms with Crippen molar-refractivity contribution in [3.8, 4) is 0 Å². The molecule has 0 heterocycles. The van der Waals surface area contributed by atoms with Gasteiger partial charge in [-0.1, -0.05) is 55.8 Å². The first-order chi connectivity index (χ1) is 9.32. The number of rotatable bonds is 7. The van der Waals surface area contributed by atoms with Crippen molar-refractivity contribution in [3.63, 3.8) is 0 Å². The van der Waals surface area contributed by atoms with Crippen LogP contribution in [0.2, 0.25) is 0 Å². The van der Waals surface area contributed by atoms with E-state index in [1.165, 1.54) is 12.0 Å². The Kier molecular flexibility index (Phi) is 7.21.